The van der Waals surface area contributed by atoms with Crippen molar-refractivity contribution in [3.05, 3.63) is 35.6 Å². The van der Waals surface area contributed by atoms with Crippen LogP contribution in [-0.4, -0.2) is 41.1 Å². The first-order valence-corrected chi connectivity index (χ1v) is 6.91. The molecule has 0 aromatic heterocycles. The van der Waals surface area contributed by atoms with Crippen molar-refractivity contribution in [1.82, 2.24) is 10.2 Å². The number of aliphatic carboxylic acids is 1. The molecule has 0 bridgehead atoms. The van der Waals surface area contributed by atoms with E-state index in [0.717, 1.165) is 5.56 Å². The number of hydrogen-bond donors (Lipinski definition) is 2. The fraction of sp³-hybridized carbons (Fsp3) is 0.467. The molecule has 6 heteroatoms. The SMILES string of the molecule is CC(C)N(CCC(=O)O)C(=O)NCCc1ccc(F)cc1. The van der Waals surface area contributed by atoms with Gasteiger partial charge in [0.15, 0.2) is 0 Å². The molecule has 0 heterocycles. The molecule has 5 nitrogen and oxygen atoms in total. The van der Waals surface area contributed by atoms with Crippen molar-refractivity contribution in [1.29, 1.82) is 0 Å². The van der Waals surface area contributed by atoms with Gasteiger partial charge < -0.3 is 15.3 Å². The predicted octanol–water partition coefficient (Wildman–Crippen LogP) is 2.26. The van der Waals surface area contributed by atoms with E-state index in [0.29, 0.717) is 13.0 Å². The van der Waals surface area contributed by atoms with Gasteiger partial charge in [-0.3, -0.25) is 4.79 Å². The molecule has 1 rings (SSSR count). The van der Waals surface area contributed by atoms with Crippen LogP contribution >= 0.6 is 0 Å². The lowest BCUT2D eigenvalue weighted by Gasteiger charge is -2.26. The summed E-state index contributed by atoms with van der Waals surface area (Å²) in [6.45, 7) is 4.26. The molecule has 0 saturated heterocycles. The fourth-order valence-corrected chi connectivity index (χ4v) is 1.88. The highest BCUT2D eigenvalue weighted by molar-refractivity contribution is 5.75. The summed E-state index contributed by atoms with van der Waals surface area (Å²) in [5.74, 6) is -1.22. The maximum Gasteiger partial charge on any atom is 0.317 e. The Morgan fingerprint density at radius 2 is 1.90 bits per heavy atom. The summed E-state index contributed by atoms with van der Waals surface area (Å²) < 4.78 is 12.8. The number of rotatable bonds is 7. The lowest BCUT2D eigenvalue weighted by molar-refractivity contribution is -0.137. The summed E-state index contributed by atoms with van der Waals surface area (Å²) in [6, 6.07) is 5.75. The Hall–Kier alpha value is -2.11. The van der Waals surface area contributed by atoms with Crippen LogP contribution in [0.5, 0.6) is 0 Å². The summed E-state index contributed by atoms with van der Waals surface area (Å²) >= 11 is 0. The summed E-state index contributed by atoms with van der Waals surface area (Å²) in [4.78, 5) is 24.1. The van der Waals surface area contributed by atoms with Crippen molar-refractivity contribution in [3.63, 3.8) is 0 Å². The minimum absolute atomic E-state index is 0.0739. The molecule has 0 aliphatic rings. The smallest absolute Gasteiger partial charge is 0.317 e. The summed E-state index contributed by atoms with van der Waals surface area (Å²) in [6.07, 6.45) is 0.514. The third-order valence-electron chi connectivity index (χ3n) is 3.05. The number of amides is 2. The molecular weight excluding hydrogens is 275 g/mol. The van der Waals surface area contributed by atoms with Gasteiger partial charge in [0.2, 0.25) is 0 Å². The molecule has 0 unspecified atom stereocenters. The van der Waals surface area contributed by atoms with Gasteiger partial charge in [-0.2, -0.15) is 0 Å². The first kappa shape index (κ1) is 16.9. The van der Waals surface area contributed by atoms with Gasteiger partial charge in [-0.1, -0.05) is 12.1 Å². The van der Waals surface area contributed by atoms with Crippen molar-refractivity contribution < 1.29 is 19.1 Å². The molecule has 21 heavy (non-hydrogen) atoms. The van der Waals surface area contributed by atoms with Crippen LogP contribution in [0.15, 0.2) is 24.3 Å². The maximum atomic E-state index is 12.8. The molecule has 0 aliphatic carbocycles. The van der Waals surface area contributed by atoms with E-state index in [1.807, 2.05) is 13.8 Å². The highest BCUT2D eigenvalue weighted by Crippen LogP contribution is 2.04. The van der Waals surface area contributed by atoms with Gasteiger partial charge in [-0.15, -0.1) is 0 Å². The van der Waals surface area contributed by atoms with Gasteiger partial charge in [0.05, 0.1) is 6.42 Å². The van der Waals surface area contributed by atoms with Gasteiger partial charge in [-0.05, 0) is 38.0 Å². The van der Waals surface area contributed by atoms with Gasteiger partial charge in [-0.25, -0.2) is 9.18 Å². The number of benzene rings is 1. The quantitative estimate of drug-likeness (QED) is 0.811. The van der Waals surface area contributed by atoms with Crippen LogP contribution in [0.2, 0.25) is 0 Å². The van der Waals surface area contributed by atoms with Crippen molar-refractivity contribution in [2.75, 3.05) is 13.1 Å². The molecule has 0 spiro atoms. The van der Waals surface area contributed by atoms with E-state index in [1.54, 1.807) is 12.1 Å². The van der Waals surface area contributed by atoms with Crippen molar-refractivity contribution >= 4 is 12.0 Å². The molecule has 2 amide bonds. The Bertz CT molecular complexity index is 474. The van der Waals surface area contributed by atoms with E-state index in [4.69, 9.17) is 5.11 Å². The normalized spacial score (nSPS) is 10.5. The van der Waals surface area contributed by atoms with Crippen LogP contribution in [0.4, 0.5) is 9.18 Å². The van der Waals surface area contributed by atoms with Gasteiger partial charge in [0.1, 0.15) is 5.82 Å². The second-order valence-corrected chi connectivity index (χ2v) is 5.04. The molecule has 116 valence electrons. The van der Waals surface area contributed by atoms with Crippen LogP contribution in [0.3, 0.4) is 0 Å². The minimum atomic E-state index is -0.931. The molecule has 1 aromatic carbocycles. The molecule has 0 saturated carbocycles. The number of nitrogens with zero attached hydrogens (tertiary/aromatic N) is 1. The first-order valence-electron chi connectivity index (χ1n) is 6.91. The summed E-state index contributed by atoms with van der Waals surface area (Å²) in [5, 5.41) is 11.4. The second kappa shape index (κ2) is 8.24. The Morgan fingerprint density at radius 3 is 2.43 bits per heavy atom. The zero-order valence-corrected chi connectivity index (χ0v) is 12.3. The molecule has 2 N–H and O–H groups in total. The average Bonchev–Trinajstić information content (AvgIpc) is 2.40. The Labute approximate surface area is 123 Å². The van der Waals surface area contributed by atoms with Gasteiger partial charge >= 0.3 is 12.0 Å². The third kappa shape index (κ3) is 6.25. The van der Waals surface area contributed by atoms with E-state index in [9.17, 15) is 14.0 Å². The Kier molecular flexibility index (Phi) is 6.65. The Morgan fingerprint density at radius 1 is 1.29 bits per heavy atom. The van der Waals surface area contributed by atoms with Crippen LogP contribution in [0.25, 0.3) is 0 Å². The standard InChI is InChI=1S/C15H21FN2O3/c1-11(2)18(10-8-14(19)20)15(21)17-9-7-12-3-5-13(16)6-4-12/h3-6,11H,7-10H2,1-2H3,(H,17,21)(H,19,20). The van der Waals surface area contributed by atoms with Crippen molar-refractivity contribution in [2.45, 2.75) is 32.7 Å². The van der Waals surface area contributed by atoms with Crippen molar-refractivity contribution in [3.8, 4) is 0 Å². The van der Waals surface area contributed by atoms with Crippen molar-refractivity contribution in [2.24, 2.45) is 0 Å². The van der Waals surface area contributed by atoms with E-state index >= 15 is 0 Å². The third-order valence-corrected chi connectivity index (χ3v) is 3.05. The second-order valence-electron chi connectivity index (χ2n) is 5.04. The predicted molar refractivity (Wildman–Crippen MR) is 77.6 cm³/mol. The van der Waals surface area contributed by atoms with E-state index in [2.05, 4.69) is 5.32 Å². The largest absolute Gasteiger partial charge is 0.481 e. The van der Waals surface area contributed by atoms with Gasteiger partial charge in [0, 0.05) is 19.1 Å². The number of nitrogens with one attached hydrogen (secondary N) is 1. The van der Waals surface area contributed by atoms with E-state index in [-0.39, 0.29) is 30.9 Å². The minimum Gasteiger partial charge on any atom is -0.481 e. The number of carboxylic acids is 1. The Balaban J connectivity index is 2.42. The molecule has 1 aromatic rings. The molecule has 0 atom stereocenters. The maximum absolute atomic E-state index is 12.8. The number of carbonyl (C=O) groups excluding carboxylic acids is 1. The van der Waals surface area contributed by atoms with Crippen LogP contribution in [0.1, 0.15) is 25.8 Å². The highest BCUT2D eigenvalue weighted by atomic mass is 19.1. The molecular formula is C15H21FN2O3. The number of hydrogen-bond acceptors (Lipinski definition) is 2. The van der Waals surface area contributed by atoms with Crippen LogP contribution in [0, 0.1) is 5.82 Å². The van der Waals surface area contributed by atoms with Gasteiger partial charge in [0.25, 0.3) is 0 Å². The lowest BCUT2D eigenvalue weighted by atomic mass is 10.1. The summed E-state index contributed by atoms with van der Waals surface area (Å²) in [7, 11) is 0. The average molecular weight is 296 g/mol. The van der Waals surface area contributed by atoms with E-state index in [1.165, 1.54) is 17.0 Å². The first-order chi connectivity index (χ1) is 9.90. The number of halogens is 1. The number of carboxylic acid groups (broad SMARTS) is 1. The van der Waals surface area contributed by atoms with E-state index < -0.39 is 5.97 Å². The molecule has 0 aliphatic heterocycles. The zero-order chi connectivity index (χ0) is 15.8. The molecule has 0 fully saturated rings. The number of carbonyl (C=O) groups is 2. The topological polar surface area (TPSA) is 69.6 Å². The monoisotopic (exact) mass is 296 g/mol. The summed E-state index contributed by atoms with van der Waals surface area (Å²) in [5.41, 5.74) is 0.929. The highest BCUT2D eigenvalue weighted by Gasteiger charge is 2.17. The fourth-order valence-electron chi connectivity index (χ4n) is 1.88. The molecule has 0 radical (unpaired) electrons. The lowest BCUT2D eigenvalue weighted by Crippen LogP contribution is -2.45. The van der Waals surface area contributed by atoms with Crippen LogP contribution < -0.4 is 5.32 Å². The van der Waals surface area contributed by atoms with Crippen LogP contribution in [-0.2, 0) is 11.2 Å². The zero-order valence-electron chi connectivity index (χ0n) is 12.3. The number of urea groups is 1.